The highest BCUT2D eigenvalue weighted by Crippen LogP contribution is 2.36. The van der Waals surface area contributed by atoms with Crippen molar-refractivity contribution in [1.29, 1.82) is 0 Å². The van der Waals surface area contributed by atoms with Crippen LogP contribution < -0.4 is 0 Å². The molecule has 1 aromatic heterocycles. The summed E-state index contributed by atoms with van der Waals surface area (Å²) >= 11 is 0. The van der Waals surface area contributed by atoms with E-state index in [1.165, 1.54) is 22.3 Å². The molecule has 226 valence electrons. The van der Waals surface area contributed by atoms with Crippen LogP contribution in [0, 0.1) is 0 Å². The Morgan fingerprint density at radius 2 is 1.02 bits per heavy atom. The van der Waals surface area contributed by atoms with Crippen LogP contribution in [0.15, 0.2) is 140 Å². The van der Waals surface area contributed by atoms with Gasteiger partial charge in [-0.15, -0.1) is 0 Å². The summed E-state index contributed by atoms with van der Waals surface area (Å²) in [7, 11) is -3.39. The van der Waals surface area contributed by atoms with Crippen molar-refractivity contribution in [3.05, 3.63) is 162 Å². The van der Waals surface area contributed by atoms with E-state index in [2.05, 4.69) is 110 Å². The Hall–Kier alpha value is -4.08. The topological polar surface area (TPSA) is 67.7 Å². The van der Waals surface area contributed by atoms with Gasteiger partial charge in [0.25, 0.3) is 10.1 Å². The molecule has 7 rings (SSSR count). The third-order valence-corrected chi connectivity index (χ3v) is 8.84. The van der Waals surface area contributed by atoms with E-state index < -0.39 is 10.1 Å². The molecule has 2 saturated heterocycles. The molecule has 7 nitrogen and oxygen atoms in total. The molecule has 0 atom stereocenters. The van der Waals surface area contributed by atoms with Crippen LogP contribution in [-0.2, 0) is 14.3 Å². The highest BCUT2D eigenvalue weighted by molar-refractivity contribution is 7.86. The molecule has 2 fully saturated rings. The van der Waals surface area contributed by atoms with Crippen molar-refractivity contribution in [2.75, 3.05) is 32.4 Å². The highest BCUT2D eigenvalue weighted by Gasteiger charge is 2.37. The lowest BCUT2D eigenvalue weighted by atomic mass is 9.93. The molecule has 0 N–H and O–H groups in total. The molecule has 0 amide bonds. The first-order valence-electron chi connectivity index (χ1n) is 15.0. The summed E-state index contributed by atoms with van der Waals surface area (Å²) in [6, 6.07) is 43.0. The van der Waals surface area contributed by atoms with Crippen molar-refractivity contribution in [2.45, 2.75) is 24.2 Å². The molecule has 2 aliphatic heterocycles. The number of benzene rings is 4. The van der Waals surface area contributed by atoms with Crippen LogP contribution in [0.3, 0.4) is 0 Å². The molecular weight excluding hydrogens is 568 g/mol. The van der Waals surface area contributed by atoms with Crippen LogP contribution in [0.5, 0.6) is 0 Å². The fraction of sp³-hybridized carbons (Fsp3) is 0.250. The molecule has 0 aliphatic carbocycles. The monoisotopic (exact) mass is 606 g/mol. The number of hydrogen-bond acceptors (Lipinski definition) is 6. The zero-order valence-electron chi connectivity index (χ0n) is 24.8. The Labute approximate surface area is 260 Å². The minimum absolute atomic E-state index is 0.127. The highest BCUT2D eigenvalue weighted by atomic mass is 32.2. The van der Waals surface area contributed by atoms with Crippen molar-refractivity contribution in [3.8, 4) is 0 Å². The molecule has 0 radical (unpaired) electrons. The molecule has 5 aromatic rings. The lowest BCUT2D eigenvalue weighted by molar-refractivity contribution is 0.00475. The fourth-order valence-corrected chi connectivity index (χ4v) is 6.75. The normalized spacial score (nSPS) is 16.2. The lowest BCUT2D eigenvalue weighted by Gasteiger charge is -2.45. The van der Waals surface area contributed by atoms with Gasteiger partial charge in [-0.1, -0.05) is 121 Å². The Balaban J connectivity index is 0.000000156. The van der Waals surface area contributed by atoms with Gasteiger partial charge in [-0.3, -0.25) is 14.0 Å². The van der Waals surface area contributed by atoms with E-state index in [4.69, 9.17) is 4.18 Å². The van der Waals surface area contributed by atoms with Crippen LogP contribution in [0.1, 0.15) is 40.4 Å². The standard InChI is InChI=1S/C19H19N3.C17H19NO3S/c1-3-7-16(8-4-1)19(17-9-5-2-6-10-17)22-13-18(14-22)21-12-11-20-15-21;1-22(19,20)21-16-12-18(13-16)17(14-8-4-2-5-9-14)15-10-6-3-7-11-15/h1-12,15,18-19H,13-14H2;2-11,16-17H,12-13H2,1H3. The summed E-state index contributed by atoms with van der Waals surface area (Å²) in [5, 5.41) is 0. The smallest absolute Gasteiger partial charge is 0.264 e. The van der Waals surface area contributed by atoms with Crippen molar-refractivity contribution >= 4 is 10.1 Å². The fourth-order valence-electron chi connectivity index (χ4n) is 6.13. The SMILES string of the molecule is CS(=O)(=O)OC1CN(C(c2ccccc2)c2ccccc2)C1.c1ccc(C(c2ccccc2)N2CC(n3ccnc3)C2)cc1. The molecule has 3 heterocycles. The van der Waals surface area contributed by atoms with Gasteiger partial charge in [0.05, 0.1) is 30.7 Å². The van der Waals surface area contributed by atoms with E-state index in [0.29, 0.717) is 25.2 Å². The van der Waals surface area contributed by atoms with Crippen LogP contribution in [0.2, 0.25) is 0 Å². The minimum Gasteiger partial charge on any atom is -0.332 e. The van der Waals surface area contributed by atoms with E-state index in [1.54, 1.807) is 0 Å². The maximum atomic E-state index is 11.2. The predicted octanol–water partition coefficient (Wildman–Crippen LogP) is 5.97. The molecular formula is C36H38N4O3S. The molecule has 0 saturated carbocycles. The zero-order chi connectivity index (χ0) is 30.4. The summed E-state index contributed by atoms with van der Waals surface area (Å²) in [6.07, 6.45) is 6.69. The van der Waals surface area contributed by atoms with Crippen LogP contribution in [0.25, 0.3) is 0 Å². The van der Waals surface area contributed by atoms with E-state index in [0.717, 1.165) is 19.3 Å². The summed E-state index contributed by atoms with van der Waals surface area (Å²) in [6.45, 7) is 3.35. The molecule has 2 aliphatic rings. The Kier molecular flexibility index (Phi) is 9.33. The lowest BCUT2D eigenvalue weighted by Crippen LogP contribution is -2.54. The van der Waals surface area contributed by atoms with Crippen molar-refractivity contribution < 1.29 is 12.6 Å². The molecule has 0 unspecified atom stereocenters. The van der Waals surface area contributed by atoms with E-state index in [9.17, 15) is 8.42 Å². The number of nitrogens with zero attached hydrogens (tertiary/aromatic N) is 4. The quantitative estimate of drug-likeness (QED) is 0.193. The molecule has 0 bridgehead atoms. The first-order valence-corrected chi connectivity index (χ1v) is 16.8. The van der Waals surface area contributed by atoms with Gasteiger partial charge in [-0.05, 0) is 22.3 Å². The number of rotatable bonds is 9. The Bertz CT molecular complexity index is 1600. The maximum Gasteiger partial charge on any atom is 0.264 e. The average Bonchev–Trinajstić information content (AvgIpc) is 3.54. The van der Waals surface area contributed by atoms with E-state index in [-0.39, 0.29) is 12.1 Å². The number of imidazole rings is 1. The van der Waals surface area contributed by atoms with Gasteiger partial charge < -0.3 is 4.57 Å². The Morgan fingerprint density at radius 1 is 0.636 bits per heavy atom. The van der Waals surface area contributed by atoms with Gasteiger partial charge in [-0.2, -0.15) is 8.42 Å². The minimum atomic E-state index is -3.39. The largest absolute Gasteiger partial charge is 0.332 e. The van der Waals surface area contributed by atoms with Gasteiger partial charge in [0.15, 0.2) is 0 Å². The summed E-state index contributed by atoms with van der Waals surface area (Å²) < 4.78 is 29.7. The summed E-state index contributed by atoms with van der Waals surface area (Å²) in [5.41, 5.74) is 5.12. The molecule has 8 heteroatoms. The second-order valence-corrected chi connectivity index (χ2v) is 13.0. The van der Waals surface area contributed by atoms with Crippen LogP contribution in [-0.4, -0.2) is 66.3 Å². The second-order valence-electron chi connectivity index (χ2n) is 11.4. The molecule has 4 aromatic carbocycles. The van der Waals surface area contributed by atoms with Gasteiger partial charge >= 0.3 is 0 Å². The number of likely N-dealkylation sites (tertiary alicyclic amines) is 2. The van der Waals surface area contributed by atoms with Gasteiger partial charge in [-0.25, -0.2) is 4.98 Å². The zero-order valence-corrected chi connectivity index (χ0v) is 25.7. The van der Waals surface area contributed by atoms with Crippen LogP contribution in [0.4, 0.5) is 0 Å². The summed E-state index contributed by atoms with van der Waals surface area (Å²) in [4.78, 5) is 8.93. The molecule has 0 spiro atoms. The van der Waals surface area contributed by atoms with Gasteiger partial charge in [0.1, 0.15) is 6.10 Å². The third kappa shape index (κ3) is 7.34. The first kappa shape index (κ1) is 30.0. The van der Waals surface area contributed by atoms with E-state index in [1.807, 2.05) is 48.9 Å². The maximum absolute atomic E-state index is 11.2. The molecule has 44 heavy (non-hydrogen) atoms. The van der Waals surface area contributed by atoms with Crippen molar-refractivity contribution in [1.82, 2.24) is 19.4 Å². The van der Waals surface area contributed by atoms with Crippen molar-refractivity contribution in [2.24, 2.45) is 0 Å². The van der Waals surface area contributed by atoms with Gasteiger partial charge in [0.2, 0.25) is 0 Å². The first-order chi connectivity index (χ1) is 21.4. The van der Waals surface area contributed by atoms with Crippen molar-refractivity contribution in [3.63, 3.8) is 0 Å². The van der Waals surface area contributed by atoms with Gasteiger partial charge in [0, 0.05) is 38.6 Å². The third-order valence-electron chi connectivity index (χ3n) is 8.22. The number of hydrogen-bond donors (Lipinski definition) is 0. The Morgan fingerprint density at radius 3 is 1.36 bits per heavy atom. The summed E-state index contributed by atoms with van der Waals surface area (Å²) in [5.74, 6) is 0. The number of aromatic nitrogens is 2. The van der Waals surface area contributed by atoms with Crippen LogP contribution >= 0.6 is 0 Å². The predicted molar refractivity (Wildman–Crippen MR) is 174 cm³/mol. The average molecular weight is 607 g/mol. The second kappa shape index (κ2) is 13.7. The van der Waals surface area contributed by atoms with E-state index >= 15 is 0 Å².